The van der Waals surface area contributed by atoms with Crippen molar-refractivity contribution in [2.45, 2.75) is 13.0 Å². The van der Waals surface area contributed by atoms with Gasteiger partial charge in [-0.1, -0.05) is 66.7 Å². The molecule has 0 aromatic heterocycles. The quantitative estimate of drug-likeness (QED) is 0.667. The fraction of sp³-hybridized carbons (Fsp3) is 0.0952. The number of carbonyl (C=O) groups excluding carboxylic acids is 1. The zero-order valence-corrected chi connectivity index (χ0v) is 13.9. The maximum Gasteiger partial charge on any atom is 0.387 e. The Hall–Kier alpha value is -3.21. The minimum absolute atomic E-state index is 0.0599. The number of para-hydroxylation sites is 2. The smallest absolute Gasteiger partial charge is 0.387 e. The van der Waals surface area contributed by atoms with E-state index >= 15 is 0 Å². The maximum absolute atomic E-state index is 12.4. The third-order valence-electron chi connectivity index (χ3n) is 3.80. The van der Waals surface area contributed by atoms with E-state index in [-0.39, 0.29) is 23.8 Å². The van der Waals surface area contributed by atoms with Gasteiger partial charge in [0.1, 0.15) is 5.75 Å². The Bertz CT molecular complexity index is 865. The van der Waals surface area contributed by atoms with Crippen molar-refractivity contribution in [1.82, 2.24) is 0 Å². The molecule has 3 aromatic carbocycles. The zero-order valence-electron chi connectivity index (χ0n) is 13.9. The summed E-state index contributed by atoms with van der Waals surface area (Å²) in [7, 11) is 0. The maximum atomic E-state index is 12.4. The molecule has 0 fully saturated rings. The Kier molecular flexibility index (Phi) is 5.59. The fourth-order valence-electron chi connectivity index (χ4n) is 2.59. The second-order valence-electron chi connectivity index (χ2n) is 5.66. The van der Waals surface area contributed by atoms with Crippen molar-refractivity contribution in [3.8, 4) is 16.9 Å². The molecule has 0 atom stereocenters. The number of alkyl halides is 2. The molecular weight excluding hydrogens is 336 g/mol. The predicted molar refractivity (Wildman–Crippen MR) is 97.3 cm³/mol. The summed E-state index contributed by atoms with van der Waals surface area (Å²) in [5.74, 6) is -0.363. The van der Waals surface area contributed by atoms with Gasteiger partial charge in [-0.25, -0.2) is 0 Å². The van der Waals surface area contributed by atoms with Crippen LogP contribution in [-0.2, 0) is 11.2 Å². The van der Waals surface area contributed by atoms with Crippen molar-refractivity contribution in [3.63, 3.8) is 0 Å². The van der Waals surface area contributed by atoms with Gasteiger partial charge in [-0.2, -0.15) is 8.78 Å². The monoisotopic (exact) mass is 353 g/mol. The van der Waals surface area contributed by atoms with Gasteiger partial charge in [0.2, 0.25) is 5.91 Å². The highest BCUT2D eigenvalue weighted by Crippen LogP contribution is 2.26. The lowest BCUT2D eigenvalue weighted by atomic mass is 10.0. The van der Waals surface area contributed by atoms with Crippen LogP contribution in [0.4, 0.5) is 14.5 Å². The molecule has 0 aliphatic carbocycles. The molecule has 0 aliphatic rings. The van der Waals surface area contributed by atoms with Gasteiger partial charge in [0.05, 0.1) is 12.1 Å². The summed E-state index contributed by atoms with van der Waals surface area (Å²) in [6, 6.07) is 23.7. The van der Waals surface area contributed by atoms with E-state index in [0.29, 0.717) is 0 Å². The molecule has 3 aromatic rings. The number of hydrogen-bond donors (Lipinski definition) is 1. The molecule has 0 spiro atoms. The fourth-order valence-corrected chi connectivity index (χ4v) is 2.59. The van der Waals surface area contributed by atoms with Crippen LogP contribution in [0.2, 0.25) is 0 Å². The Morgan fingerprint density at radius 3 is 2.15 bits per heavy atom. The standard InChI is InChI=1S/C21H17F2NO2/c22-21(23)26-19-9-5-4-8-18(19)24-20(25)14-15-10-12-17(13-11-15)16-6-2-1-3-7-16/h1-13,21H,14H2,(H,24,25). The van der Waals surface area contributed by atoms with Crippen LogP contribution in [0.15, 0.2) is 78.9 Å². The van der Waals surface area contributed by atoms with Crippen molar-refractivity contribution in [2.75, 3.05) is 5.32 Å². The van der Waals surface area contributed by atoms with E-state index in [2.05, 4.69) is 10.1 Å². The highest BCUT2D eigenvalue weighted by Gasteiger charge is 2.12. The van der Waals surface area contributed by atoms with Gasteiger partial charge in [-0.3, -0.25) is 4.79 Å². The average molecular weight is 353 g/mol. The van der Waals surface area contributed by atoms with Gasteiger partial charge in [-0.15, -0.1) is 0 Å². The molecule has 0 saturated carbocycles. The van der Waals surface area contributed by atoms with E-state index in [1.165, 1.54) is 12.1 Å². The first-order valence-corrected chi connectivity index (χ1v) is 8.10. The number of amides is 1. The number of hydrogen-bond acceptors (Lipinski definition) is 2. The Morgan fingerprint density at radius 2 is 1.46 bits per heavy atom. The van der Waals surface area contributed by atoms with E-state index in [9.17, 15) is 13.6 Å². The number of anilines is 1. The van der Waals surface area contributed by atoms with Crippen molar-refractivity contribution < 1.29 is 18.3 Å². The van der Waals surface area contributed by atoms with Crippen molar-refractivity contribution in [1.29, 1.82) is 0 Å². The number of benzene rings is 3. The molecule has 0 radical (unpaired) electrons. The van der Waals surface area contributed by atoms with E-state index < -0.39 is 6.61 Å². The predicted octanol–water partition coefficient (Wildman–Crippen LogP) is 5.14. The summed E-state index contributed by atoms with van der Waals surface area (Å²) < 4.78 is 29.3. The number of ether oxygens (including phenoxy) is 1. The van der Waals surface area contributed by atoms with Crippen LogP contribution >= 0.6 is 0 Å². The molecule has 1 amide bonds. The van der Waals surface area contributed by atoms with Crippen molar-refractivity contribution in [2.24, 2.45) is 0 Å². The van der Waals surface area contributed by atoms with Gasteiger partial charge < -0.3 is 10.1 Å². The molecule has 3 rings (SSSR count). The molecule has 0 bridgehead atoms. The van der Waals surface area contributed by atoms with E-state index in [4.69, 9.17) is 0 Å². The largest absolute Gasteiger partial charge is 0.433 e. The van der Waals surface area contributed by atoms with E-state index in [1.807, 2.05) is 54.6 Å². The molecule has 1 N–H and O–H groups in total. The lowest BCUT2D eigenvalue weighted by molar-refractivity contribution is -0.115. The van der Waals surface area contributed by atoms with E-state index in [0.717, 1.165) is 16.7 Å². The number of halogens is 2. The number of nitrogens with one attached hydrogen (secondary N) is 1. The summed E-state index contributed by atoms with van der Waals surface area (Å²) in [4.78, 5) is 12.2. The third kappa shape index (κ3) is 4.66. The second-order valence-corrected chi connectivity index (χ2v) is 5.66. The van der Waals surface area contributed by atoms with Gasteiger partial charge in [0.25, 0.3) is 0 Å². The van der Waals surface area contributed by atoms with Crippen LogP contribution in [0.5, 0.6) is 5.75 Å². The molecule has 3 nitrogen and oxygen atoms in total. The highest BCUT2D eigenvalue weighted by molar-refractivity contribution is 5.93. The lowest BCUT2D eigenvalue weighted by Gasteiger charge is -2.11. The van der Waals surface area contributed by atoms with Gasteiger partial charge in [0.15, 0.2) is 0 Å². The second kappa shape index (κ2) is 8.25. The minimum atomic E-state index is -2.95. The van der Waals surface area contributed by atoms with Crippen LogP contribution in [-0.4, -0.2) is 12.5 Å². The van der Waals surface area contributed by atoms with E-state index in [1.54, 1.807) is 12.1 Å². The summed E-state index contributed by atoms with van der Waals surface area (Å²) >= 11 is 0. The molecule has 132 valence electrons. The Balaban J connectivity index is 1.66. The summed E-state index contributed by atoms with van der Waals surface area (Å²) in [5.41, 5.74) is 3.21. The third-order valence-corrected chi connectivity index (χ3v) is 3.80. The molecule has 0 saturated heterocycles. The van der Waals surface area contributed by atoms with Gasteiger partial charge in [-0.05, 0) is 28.8 Å². The lowest BCUT2D eigenvalue weighted by Crippen LogP contribution is -2.15. The zero-order chi connectivity index (χ0) is 18.4. The van der Waals surface area contributed by atoms with Crippen molar-refractivity contribution >= 4 is 11.6 Å². The first kappa shape index (κ1) is 17.6. The van der Waals surface area contributed by atoms with Crippen LogP contribution in [0.25, 0.3) is 11.1 Å². The van der Waals surface area contributed by atoms with Crippen LogP contribution < -0.4 is 10.1 Å². The van der Waals surface area contributed by atoms with Gasteiger partial charge >= 0.3 is 6.61 Å². The molecule has 26 heavy (non-hydrogen) atoms. The molecule has 5 heteroatoms. The van der Waals surface area contributed by atoms with Crippen molar-refractivity contribution in [3.05, 3.63) is 84.4 Å². The normalized spacial score (nSPS) is 10.6. The molecule has 0 heterocycles. The first-order valence-electron chi connectivity index (χ1n) is 8.10. The number of carbonyl (C=O) groups is 1. The molecule has 0 unspecified atom stereocenters. The van der Waals surface area contributed by atoms with Crippen LogP contribution in [0.1, 0.15) is 5.56 Å². The summed E-state index contributed by atoms with van der Waals surface area (Å²) in [5, 5.41) is 2.61. The topological polar surface area (TPSA) is 38.3 Å². The first-order chi connectivity index (χ1) is 12.6. The average Bonchev–Trinajstić information content (AvgIpc) is 2.64. The summed E-state index contributed by atoms with van der Waals surface area (Å²) in [6.45, 7) is -2.95. The highest BCUT2D eigenvalue weighted by atomic mass is 19.3. The van der Waals surface area contributed by atoms with Gasteiger partial charge in [0, 0.05) is 0 Å². The molecule has 0 aliphatic heterocycles. The SMILES string of the molecule is O=C(Cc1ccc(-c2ccccc2)cc1)Nc1ccccc1OC(F)F. The summed E-state index contributed by atoms with van der Waals surface area (Å²) in [6.07, 6.45) is 0.137. The Labute approximate surface area is 150 Å². The van der Waals surface area contributed by atoms with Crippen LogP contribution in [0.3, 0.4) is 0 Å². The molecular formula is C21H17F2NO2. The minimum Gasteiger partial charge on any atom is -0.433 e. The Morgan fingerprint density at radius 1 is 0.846 bits per heavy atom. The number of rotatable bonds is 6. The van der Waals surface area contributed by atoms with Crippen LogP contribution in [0, 0.1) is 0 Å².